The first kappa shape index (κ1) is 18.1. The van der Waals surface area contributed by atoms with Gasteiger partial charge in [0.15, 0.2) is 5.13 Å². The van der Waals surface area contributed by atoms with E-state index >= 15 is 0 Å². The number of carbonyl (C=O) groups excluding carboxylic acids is 2. The van der Waals surface area contributed by atoms with Gasteiger partial charge in [-0.15, -0.1) is 11.3 Å². The van der Waals surface area contributed by atoms with Gasteiger partial charge in [0.05, 0.1) is 5.69 Å². The van der Waals surface area contributed by atoms with E-state index in [0.29, 0.717) is 36.6 Å². The lowest BCUT2D eigenvalue weighted by Crippen LogP contribution is -2.41. The minimum Gasteiger partial charge on any atom is -0.339 e. The lowest BCUT2D eigenvalue weighted by molar-refractivity contribution is -0.121. The van der Waals surface area contributed by atoms with Gasteiger partial charge < -0.3 is 15.1 Å². The second-order valence-electron chi connectivity index (χ2n) is 7.30. The fourth-order valence-corrected chi connectivity index (χ4v) is 4.78. The predicted octanol–water partition coefficient (Wildman–Crippen LogP) is 2.62. The van der Waals surface area contributed by atoms with Gasteiger partial charge in [-0.3, -0.25) is 9.59 Å². The van der Waals surface area contributed by atoms with Crippen molar-refractivity contribution in [1.29, 1.82) is 0 Å². The van der Waals surface area contributed by atoms with E-state index < -0.39 is 0 Å². The number of rotatable bonds is 3. The number of benzene rings is 1. The molecule has 2 amide bonds. The maximum Gasteiger partial charge on any atom is 0.253 e. The lowest BCUT2D eigenvalue weighted by atomic mass is 9.95. The fraction of sp³-hybridized carbons (Fsp3) is 0.450. The van der Waals surface area contributed by atoms with Gasteiger partial charge in [-0.1, -0.05) is 18.2 Å². The van der Waals surface area contributed by atoms with Crippen molar-refractivity contribution in [3.05, 3.63) is 46.5 Å². The largest absolute Gasteiger partial charge is 0.339 e. The van der Waals surface area contributed by atoms with E-state index in [9.17, 15) is 9.59 Å². The zero-order valence-corrected chi connectivity index (χ0v) is 16.3. The summed E-state index contributed by atoms with van der Waals surface area (Å²) in [4.78, 5) is 35.1. The van der Waals surface area contributed by atoms with Gasteiger partial charge in [0, 0.05) is 49.0 Å². The van der Waals surface area contributed by atoms with Gasteiger partial charge in [0.1, 0.15) is 0 Å². The third-order valence-electron chi connectivity index (χ3n) is 5.33. The van der Waals surface area contributed by atoms with Crippen molar-refractivity contribution < 1.29 is 9.59 Å². The molecule has 27 heavy (non-hydrogen) atoms. The molecule has 0 bridgehead atoms. The van der Waals surface area contributed by atoms with Crippen molar-refractivity contribution in [3.8, 4) is 0 Å². The molecule has 0 atom stereocenters. The van der Waals surface area contributed by atoms with Crippen LogP contribution >= 0.6 is 11.3 Å². The van der Waals surface area contributed by atoms with E-state index in [0.717, 1.165) is 25.2 Å². The fourth-order valence-electron chi connectivity index (χ4n) is 3.69. The Morgan fingerprint density at radius 3 is 2.63 bits per heavy atom. The molecule has 4 rings (SSSR count). The van der Waals surface area contributed by atoms with Crippen LogP contribution in [0, 0.1) is 5.92 Å². The maximum atomic E-state index is 12.6. The van der Waals surface area contributed by atoms with E-state index in [-0.39, 0.29) is 17.7 Å². The molecule has 1 aromatic carbocycles. The highest BCUT2D eigenvalue weighted by molar-refractivity contribution is 7.15. The SMILES string of the molecule is CN1CCc2nc(NC(=O)C3CCN(C(=O)c4ccccc4)CC3)sc2C1. The zero-order valence-electron chi connectivity index (χ0n) is 15.5. The number of aromatic nitrogens is 1. The molecule has 2 aliphatic rings. The number of fused-ring (bicyclic) bond motifs is 1. The van der Waals surface area contributed by atoms with Crippen molar-refractivity contribution in [1.82, 2.24) is 14.8 Å². The molecule has 0 unspecified atom stereocenters. The third-order valence-corrected chi connectivity index (χ3v) is 6.32. The topological polar surface area (TPSA) is 65.5 Å². The summed E-state index contributed by atoms with van der Waals surface area (Å²) >= 11 is 1.58. The second-order valence-corrected chi connectivity index (χ2v) is 8.38. The summed E-state index contributed by atoms with van der Waals surface area (Å²) in [5, 5.41) is 3.72. The number of likely N-dealkylation sites (N-methyl/N-ethyl adjacent to an activating group) is 1. The lowest BCUT2D eigenvalue weighted by Gasteiger charge is -2.31. The third kappa shape index (κ3) is 4.04. The Morgan fingerprint density at radius 2 is 1.89 bits per heavy atom. The number of nitrogens with zero attached hydrogens (tertiary/aromatic N) is 3. The molecule has 1 saturated heterocycles. The average Bonchev–Trinajstić information content (AvgIpc) is 3.09. The van der Waals surface area contributed by atoms with Crippen LogP contribution in [0.3, 0.4) is 0 Å². The van der Waals surface area contributed by atoms with Gasteiger partial charge in [0.2, 0.25) is 5.91 Å². The summed E-state index contributed by atoms with van der Waals surface area (Å²) in [7, 11) is 2.10. The van der Waals surface area contributed by atoms with Gasteiger partial charge in [-0.25, -0.2) is 4.98 Å². The van der Waals surface area contributed by atoms with E-state index in [2.05, 4.69) is 22.2 Å². The smallest absolute Gasteiger partial charge is 0.253 e. The summed E-state index contributed by atoms with van der Waals surface area (Å²) in [5.74, 6) is 0.0147. The van der Waals surface area contributed by atoms with Crippen molar-refractivity contribution in [2.45, 2.75) is 25.8 Å². The molecule has 0 aliphatic carbocycles. The van der Waals surface area contributed by atoms with Gasteiger partial charge in [0.25, 0.3) is 5.91 Å². The maximum absolute atomic E-state index is 12.6. The van der Waals surface area contributed by atoms with Crippen LogP contribution in [0.4, 0.5) is 5.13 Å². The Hall–Kier alpha value is -2.25. The molecule has 2 aliphatic heterocycles. The molecule has 2 aromatic rings. The number of hydrogen-bond acceptors (Lipinski definition) is 5. The monoisotopic (exact) mass is 384 g/mol. The van der Waals surface area contributed by atoms with Crippen LogP contribution in [-0.4, -0.2) is 53.3 Å². The minimum absolute atomic E-state index is 0.0289. The summed E-state index contributed by atoms with van der Waals surface area (Å²) in [6.07, 6.45) is 2.33. The van der Waals surface area contributed by atoms with Crippen molar-refractivity contribution in [2.24, 2.45) is 5.92 Å². The Labute approximate surface area is 163 Å². The van der Waals surface area contributed by atoms with Crippen LogP contribution in [0.15, 0.2) is 30.3 Å². The highest BCUT2D eigenvalue weighted by atomic mass is 32.1. The molecule has 1 aromatic heterocycles. The van der Waals surface area contributed by atoms with E-state index in [1.54, 1.807) is 11.3 Å². The van der Waals surface area contributed by atoms with Crippen LogP contribution in [0.2, 0.25) is 0 Å². The van der Waals surface area contributed by atoms with Crippen LogP contribution in [0.5, 0.6) is 0 Å². The molecule has 1 fully saturated rings. The zero-order chi connectivity index (χ0) is 18.8. The van der Waals surface area contributed by atoms with Crippen LogP contribution in [-0.2, 0) is 17.8 Å². The summed E-state index contributed by atoms with van der Waals surface area (Å²) in [6.45, 7) is 3.15. The van der Waals surface area contributed by atoms with E-state index in [1.807, 2.05) is 35.2 Å². The average molecular weight is 385 g/mol. The van der Waals surface area contributed by atoms with Crippen molar-refractivity contribution >= 4 is 28.3 Å². The molecule has 6 nitrogen and oxygen atoms in total. The Kier molecular flexibility index (Phi) is 5.22. The standard InChI is InChI=1S/C20H24N4O2S/c1-23-10-9-16-17(13-23)27-20(21-16)22-18(25)14-7-11-24(12-8-14)19(26)15-5-3-2-4-6-15/h2-6,14H,7-13H2,1H3,(H,21,22,25). The van der Waals surface area contributed by atoms with Crippen LogP contribution in [0.1, 0.15) is 33.8 Å². The summed E-state index contributed by atoms with van der Waals surface area (Å²) in [5.41, 5.74) is 1.83. The van der Waals surface area contributed by atoms with E-state index in [4.69, 9.17) is 0 Å². The highest BCUT2D eigenvalue weighted by Gasteiger charge is 2.28. The van der Waals surface area contributed by atoms with Gasteiger partial charge in [-0.05, 0) is 32.0 Å². The number of hydrogen-bond donors (Lipinski definition) is 1. The quantitative estimate of drug-likeness (QED) is 0.884. The number of amides is 2. The summed E-state index contributed by atoms with van der Waals surface area (Å²) < 4.78 is 0. The number of piperidine rings is 1. The molecule has 1 N–H and O–H groups in total. The number of nitrogens with one attached hydrogen (secondary N) is 1. The van der Waals surface area contributed by atoms with Crippen LogP contribution < -0.4 is 5.32 Å². The number of likely N-dealkylation sites (tertiary alicyclic amines) is 1. The van der Waals surface area contributed by atoms with Gasteiger partial charge in [-0.2, -0.15) is 0 Å². The Balaban J connectivity index is 1.32. The highest BCUT2D eigenvalue weighted by Crippen LogP contribution is 2.29. The predicted molar refractivity (Wildman–Crippen MR) is 106 cm³/mol. The second kappa shape index (κ2) is 7.78. The molecule has 7 heteroatoms. The van der Waals surface area contributed by atoms with Crippen molar-refractivity contribution in [2.75, 3.05) is 32.0 Å². The first-order chi connectivity index (χ1) is 13.1. The normalized spacial score (nSPS) is 18.2. The number of carbonyl (C=O) groups is 2. The number of anilines is 1. The number of thiazole rings is 1. The summed E-state index contributed by atoms with van der Waals surface area (Å²) in [6, 6.07) is 9.32. The molecular weight excluding hydrogens is 360 g/mol. The first-order valence-electron chi connectivity index (χ1n) is 9.42. The first-order valence-corrected chi connectivity index (χ1v) is 10.2. The molecule has 0 saturated carbocycles. The molecule has 0 radical (unpaired) electrons. The minimum atomic E-state index is -0.0616. The molecule has 142 valence electrons. The Morgan fingerprint density at radius 1 is 1.15 bits per heavy atom. The molecule has 0 spiro atoms. The molecule has 3 heterocycles. The van der Waals surface area contributed by atoms with Gasteiger partial charge >= 0.3 is 0 Å². The van der Waals surface area contributed by atoms with Crippen molar-refractivity contribution in [3.63, 3.8) is 0 Å². The molecular formula is C20H24N4O2S. The van der Waals surface area contributed by atoms with Crippen LogP contribution in [0.25, 0.3) is 0 Å². The Bertz CT molecular complexity index is 828. The van der Waals surface area contributed by atoms with E-state index in [1.165, 1.54) is 4.88 Å².